The van der Waals surface area contributed by atoms with Gasteiger partial charge in [0.1, 0.15) is 17.9 Å². The Hall–Kier alpha value is -2.21. The van der Waals surface area contributed by atoms with Crippen LogP contribution in [0.5, 0.6) is 0 Å². The van der Waals surface area contributed by atoms with Crippen LogP contribution in [-0.2, 0) is 19.9 Å². The standard InChI is InChI=1S/C20H25N3O3/c1-5-11(4)23-17(24)14-15(18(23)25)20(22-16(14)10(2)3)12-8-6-7-9-13(12)21-19(20)26/h6-11,14-16,22H,5H2,1-4H3,(H,21,26)/p+1/t11-,14-,15-,16-,20-/m0/s1. The van der Waals surface area contributed by atoms with Crippen molar-refractivity contribution in [2.24, 2.45) is 17.8 Å². The number of likely N-dealkylation sites (tertiary alicyclic amines) is 1. The lowest BCUT2D eigenvalue weighted by molar-refractivity contribution is -0.738. The Bertz CT molecular complexity index is 805. The lowest BCUT2D eigenvalue weighted by Crippen LogP contribution is -2.99. The van der Waals surface area contributed by atoms with Crippen molar-refractivity contribution in [1.82, 2.24) is 4.90 Å². The van der Waals surface area contributed by atoms with Crippen LogP contribution in [0.25, 0.3) is 0 Å². The summed E-state index contributed by atoms with van der Waals surface area (Å²) in [6.07, 6.45) is 0.711. The van der Waals surface area contributed by atoms with Gasteiger partial charge in [0.05, 0.1) is 5.69 Å². The first-order valence-electron chi connectivity index (χ1n) is 9.48. The monoisotopic (exact) mass is 356 g/mol. The molecule has 4 rings (SSSR count). The second-order valence-electron chi connectivity index (χ2n) is 8.16. The van der Waals surface area contributed by atoms with Gasteiger partial charge in [-0.1, -0.05) is 39.0 Å². The fourth-order valence-corrected chi connectivity index (χ4v) is 5.09. The van der Waals surface area contributed by atoms with Crippen molar-refractivity contribution in [3.63, 3.8) is 0 Å². The van der Waals surface area contributed by atoms with Crippen molar-refractivity contribution >= 4 is 23.4 Å². The molecule has 1 aromatic carbocycles. The molecule has 5 atom stereocenters. The highest BCUT2D eigenvalue weighted by Gasteiger charge is 2.74. The molecule has 0 unspecified atom stereocenters. The topological polar surface area (TPSA) is 83.1 Å². The molecule has 0 saturated carbocycles. The SMILES string of the molecule is CC[C@H](C)N1C(=O)[C@H]2[C@@H](C1=O)[C@]1([NH2+][C@H]2C(C)C)C(=O)Nc2ccccc21. The molecular weight excluding hydrogens is 330 g/mol. The molecule has 6 nitrogen and oxygen atoms in total. The molecule has 138 valence electrons. The third-order valence-electron chi connectivity index (χ3n) is 6.54. The molecule has 0 aromatic heterocycles. The third-order valence-corrected chi connectivity index (χ3v) is 6.54. The van der Waals surface area contributed by atoms with Crippen molar-refractivity contribution in [1.29, 1.82) is 0 Å². The average Bonchev–Trinajstić information content (AvgIpc) is 3.20. The van der Waals surface area contributed by atoms with Gasteiger partial charge in [-0.05, 0) is 19.4 Å². The first kappa shape index (κ1) is 17.2. The summed E-state index contributed by atoms with van der Waals surface area (Å²) in [5.41, 5.74) is 0.542. The van der Waals surface area contributed by atoms with Gasteiger partial charge in [0, 0.05) is 17.5 Å². The predicted octanol–water partition coefficient (Wildman–Crippen LogP) is 0.835. The maximum absolute atomic E-state index is 13.4. The molecule has 1 spiro atoms. The van der Waals surface area contributed by atoms with Gasteiger partial charge < -0.3 is 10.6 Å². The number of imide groups is 1. The summed E-state index contributed by atoms with van der Waals surface area (Å²) in [7, 11) is 0. The van der Waals surface area contributed by atoms with E-state index in [1.165, 1.54) is 4.90 Å². The molecule has 3 aliphatic rings. The quantitative estimate of drug-likeness (QED) is 0.787. The Morgan fingerprint density at radius 1 is 1.15 bits per heavy atom. The van der Waals surface area contributed by atoms with Crippen LogP contribution in [0.3, 0.4) is 0 Å². The maximum atomic E-state index is 13.4. The summed E-state index contributed by atoms with van der Waals surface area (Å²) in [6.45, 7) is 7.98. The Labute approximate surface area is 153 Å². The number of carbonyl (C=O) groups excluding carboxylic acids is 3. The summed E-state index contributed by atoms with van der Waals surface area (Å²) < 4.78 is 0. The number of nitrogens with zero attached hydrogens (tertiary/aromatic N) is 1. The van der Waals surface area contributed by atoms with E-state index in [1.54, 1.807) is 0 Å². The lowest BCUT2D eigenvalue weighted by Gasteiger charge is -2.29. The summed E-state index contributed by atoms with van der Waals surface area (Å²) in [4.78, 5) is 41.2. The molecule has 2 saturated heterocycles. The van der Waals surface area contributed by atoms with Gasteiger partial charge in [-0.2, -0.15) is 0 Å². The van der Waals surface area contributed by atoms with E-state index in [4.69, 9.17) is 0 Å². The zero-order chi connectivity index (χ0) is 18.8. The summed E-state index contributed by atoms with van der Waals surface area (Å²) in [5, 5.41) is 4.94. The first-order valence-corrected chi connectivity index (χ1v) is 9.48. The van der Waals surface area contributed by atoms with Crippen LogP contribution in [0.2, 0.25) is 0 Å². The van der Waals surface area contributed by atoms with Gasteiger partial charge in [0.25, 0.3) is 5.91 Å². The molecule has 1 aromatic rings. The van der Waals surface area contributed by atoms with Crippen molar-refractivity contribution in [3.05, 3.63) is 29.8 Å². The number of quaternary nitrogens is 1. The molecule has 3 heterocycles. The van der Waals surface area contributed by atoms with Gasteiger partial charge >= 0.3 is 0 Å². The molecule has 2 fully saturated rings. The molecular formula is C20H26N3O3+. The third kappa shape index (κ3) is 1.93. The predicted molar refractivity (Wildman–Crippen MR) is 95.9 cm³/mol. The van der Waals surface area contributed by atoms with E-state index >= 15 is 0 Å². The van der Waals surface area contributed by atoms with Crippen LogP contribution >= 0.6 is 0 Å². The number of fused-ring (bicyclic) bond motifs is 4. The van der Waals surface area contributed by atoms with E-state index in [0.29, 0.717) is 6.42 Å². The van der Waals surface area contributed by atoms with E-state index in [0.717, 1.165) is 11.3 Å². The molecule has 3 amide bonds. The van der Waals surface area contributed by atoms with E-state index in [2.05, 4.69) is 19.2 Å². The van der Waals surface area contributed by atoms with Crippen LogP contribution in [-0.4, -0.2) is 34.7 Å². The number of amides is 3. The van der Waals surface area contributed by atoms with Crippen LogP contribution in [0, 0.1) is 17.8 Å². The molecule has 0 aliphatic carbocycles. The Morgan fingerprint density at radius 3 is 2.50 bits per heavy atom. The smallest absolute Gasteiger partial charge is 0.291 e. The second-order valence-corrected chi connectivity index (χ2v) is 8.16. The highest BCUT2D eigenvalue weighted by molar-refractivity contribution is 6.14. The highest BCUT2D eigenvalue weighted by atomic mass is 16.2. The minimum atomic E-state index is -1.04. The summed E-state index contributed by atoms with van der Waals surface area (Å²) in [6, 6.07) is 7.29. The van der Waals surface area contributed by atoms with Gasteiger partial charge in [0.2, 0.25) is 17.4 Å². The fraction of sp³-hybridized carbons (Fsp3) is 0.550. The van der Waals surface area contributed by atoms with E-state index in [1.807, 2.05) is 43.4 Å². The minimum absolute atomic E-state index is 0.0950. The van der Waals surface area contributed by atoms with E-state index in [9.17, 15) is 14.4 Å². The molecule has 26 heavy (non-hydrogen) atoms. The first-order chi connectivity index (χ1) is 12.3. The van der Waals surface area contributed by atoms with Crippen LogP contribution in [0.4, 0.5) is 5.69 Å². The number of nitrogens with two attached hydrogens (primary N) is 1. The van der Waals surface area contributed by atoms with Gasteiger partial charge in [0.15, 0.2) is 0 Å². The number of anilines is 1. The van der Waals surface area contributed by atoms with Gasteiger partial charge in [-0.3, -0.25) is 19.3 Å². The van der Waals surface area contributed by atoms with Gasteiger partial charge in [-0.25, -0.2) is 0 Å². The largest absolute Gasteiger partial charge is 0.326 e. The van der Waals surface area contributed by atoms with E-state index < -0.39 is 17.4 Å². The van der Waals surface area contributed by atoms with Crippen molar-refractivity contribution in [2.45, 2.75) is 51.7 Å². The molecule has 0 radical (unpaired) electrons. The number of nitrogens with one attached hydrogen (secondary N) is 1. The zero-order valence-corrected chi connectivity index (χ0v) is 15.7. The Kier molecular flexibility index (Phi) is 3.74. The van der Waals surface area contributed by atoms with Crippen LogP contribution in [0.1, 0.15) is 39.7 Å². The second kappa shape index (κ2) is 5.64. The summed E-state index contributed by atoms with van der Waals surface area (Å²) >= 11 is 0. The van der Waals surface area contributed by atoms with Crippen molar-refractivity contribution in [2.75, 3.05) is 5.32 Å². The average molecular weight is 356 g/mol. The molecule has 6 heteroatoms. The van der Waals surface area contributed by atoms with E-state index in [-0.39, 0.29) is 35.7 Å². The van der Waals surface area contributed by atoms with Crippen LogP contribution < -0.4 is 10.6 Å². The number of para-hydroxylation sites is 1. The minimum Gasteiger partial charge on any atom is -0.326 e. The number of rotatable bonds is 3. The summed E-state index contributed by atoms with van der Waals surface area (Å²) in [5.74, 6) is -1.40. The van der Waals surface area contributed by atoms with Crippen molar-refractivity contribution < 1.29 is 19.7 Å². The molecule has 3 N–H and O–H groups in total. The number of hydrogen-bond donors (Lipinski definition) is 2. The Morgan fingerprint density at radius 2 is 1.85 bits per heavy atom. The highest BCUT2D eigenvalue weighted by Crippen LogP contribution is 2.50. The maximum Gasteiger partial charge on any atom is 0.291 e. The lowest BCUT2D eigenvalue weighted by atomic mass is 9.76. The normalized spacial score (nSPS) is 33.8. The fourth-order valence-electron chi connectivity index (χ4n) is 5.09. The molecule has 0 bridgehead atoms. The van der Waals surface area contributed by atoms with Gasteiger partial charge in [-0.15, -0.1) is 0 Å². The van der Waals surface area contributed by atoms with Crippen molar-refractivity contribution in [3.8, 4) is 0 Å². The number of hydrogen-bond acceptors (Lipinski definition) is 3. The molecule has 3 aliphatic heterocycles. The zero-order valence-electron chi connectivity index (χ0n) is 15.7. The number of carbonyl (C=O) groups is 3. The Balaban J connectivity index is 1.90. The van der Waals surface area contributed by atoms with Crippen LogP contribution in [0.15, 0.2) is 24.3 Å². The number of benzene rings is 1.